The molecule has 0 saturated carbocycles. The highest BCUT2D eigenvalue weighted by Crippen LogP contribution is 2.21. The van der Waals surface area contributed by atoms with Gasteiger partial charge in [0.05, 0.1) is 11.9 Å². The predicted octanol–water partition coefficient (Wildman–Crippen LogP) is 3.75. The number of benzene rings is 2. The van der Waals surface area contributed by atoms with E-state index in [1.54, 1.807) is 19.1 Å². The van der Waals surface area contributed by atoms with Crippen molar-refractivity contribution in [2.75, 3.05) is 17.1 Å². The van der Waals surface area contributed by atoms with E-state index in [0.717, 1.165) is 20.6 Å². The summed E-state index contributed by atoms with van der Waals surface area (Å²) >= 11 is 3.41. The summed E-state index contributed by atoms with van der Waals surface area (Å²) in [5, 5.41) is 2.88. The van der Waals surface area contributed by atoms with Crippen LogP contribution in [-0.4, -0.2) is 55.3 Å². The fraction of sp³-hybridized carbons (Fsp3) is 0.400. The van der Waals surface area contributed by atoms with E-state index in [2.05, 4.69) is 21.2 Å². The Balaban J connectivity index is 2.45. The largest absolute Gasteiger partial charge is 0.350 e. The first-order valence-corrected chi connectivity index (χ1v) is 13.7. The maximum absolute atomic E-state index is 13.6. The van der Waals surface area contributed by atoms with Gasteiger partial charge in [0.1, 0.15) is 12.6 Å². The maximum Gasteiger partial charge on any atom is 0.244 e. The van der Waals surface area contributed by atoms with Gasteiger partial charge in [0.2, 0.25) is 21.8 Å². The second-order valence-electron chi connectivity index (χ2n) is 9.44. The molecule has 0 unspecified atom stereocenters. The van der Waals surface area contributed by atoms with E-state index in [1.807, 2.05) is 45.0 Å². The number of ketones is 1. The zero-order valence-corrected chi connectivity index (χ0v) is 23.2. The molecular formula is C25H32BrN3O5S. The molecule has 0 fully saturated rings. The average molecular weight is 567 g/mol. The van der Waals surface area contributed by atoms with Crippen LogP contribution in [0.5, 0.6) is 0 Å². The molecule has 2 amide bonds. The van der Waals surface area contributed by atoms with Gasteiger partial charge in [-0.05, 0) is 64.4 Å². The summed E-state index contributed by atoms with van der Waals surface area (Å²) in [6.07, 6.45) is 0.995. The molecular weight excluding hydrogens is 534 g/mol. The van der Waals surface area contributed by atoms with Gasteiger partial charge < -0.3 is 10.2 Å². The first-order valence-electron chi connectivity index (χ1n) is 11.0. The normalized spacial score (nSPS) is 12.5. The van der Waals surface area contributed by atoms with Crippen LogP contribution in [0, 0.1) is 0 Å². The second kappa shape index (κ2) is 11.3. The second-order valence-corrected chi connectivity index (χ2v) is 12.3. The number of nitrogens with one attached hydrogen (secondary N) is 1. The number of rotatable bonds is 9. The van der Waals surface area contributed by atoms with Crippen molar-refractivity contribution in [1.29, 1.82) is 0 Å². The van der Waals surface area contributed by atoms with Gasteiger partial charge in [0, 0.05) is 22.1 Å². The monoisotopic (exact) mass is 565 g/mol. The molecule has 2 rings (SSSR count). The Bertz CT molecular complexity index is 1210. The lowest BCUT2D eigenvalue weighted by molar-refractivity contribution is -0.140. The minimum Gasteiger partial charge on any atom is -0.350 e. The van der Waals surface area contributed by atoms with Crippen molar-refractivity contribution in [3.8, 4) is 0 Å². The van der Waals surface area contributed by atoms with Crippen LogP contribution in [-0.2, 0) is 26.2 Å². The van der Waals surface area contributed by atoms with Crippen molar-refractivity contribution in [3.63, 3.8) is 0 Å². The van der Waals surface area contributed by atoms with E-state index in [0.29, 0.717) is 5.56 Å². The Morgan fingerprint density at radius 1 is 1.06 bits per heavy atom. The summed E-state index contributed by atoms with van der Waals surface area (Å²) in [7, 11) is -3.88. The lowest BCUT2D eigenvalue weighted by Gasteiger charge is -2.33. The van der Waals surface area contributed by atoms with Gasteiger partial charge in [-0.2, -0.15) is 0 Å². The number of carbonyl (C=O) groups is 3. The number of sulfonamides is 1. The summed E-state index contributed by atoms with van der Waals surface area (Å²) in [6.45, 7) is 8.08. The van der Waals surface area contributed by atoms with Crippen LogP contribution in [0.1, 0.15) is 50.5 Å². The van der Waals surface area contributed by atoms with E-state index in [9.17, 15) is 22.8 Å². The van der Waals surface area contributed by atoms with Crippen LogP contribution in [0.2, 0.25) is 0 Å². The molecule has 2 aromatic rings. The van der Waals surface area contributed by atoms with Crippen molar-refractivity contribution in [3.05, 3.63) is 64.1 Å². The van der Waals surface area contributed by atoms with Gasteiger partial charge in [0.25, 0.3) is 0 Å². The number of anilines is 1. The standard InChI is InChI=1S/C25H32BrN3O5S/c1-17(24(32)27-25(3,4)5)28(15-19-9-7-11-21(26)13-19)23(31)16-29(35(6,33)34)22-12-8-10-20(14-22)18(2)30/h7-14,17H,15-16H2,1-6H3,(H,27,32)/t17-/m0/s1. The molecule has 0 aliphatic rings. The number of hydrogen-bond acceptors (Lipinski definition) is 5. The Kier molecular flexibility index (Phi) is 9.24. The molecule has 1 N–H and O–H groups in total. The zero-order valence-electron chi connectivity index (χ0n) is 20.8. The van der Waals surface area contributed by atoms with Gasteiger partial charge in [0.15, 0.2) is 5.78 Å². The number of halogens is 1. The fourth-order valence-corrected chi connectivity index (χ4v) is 4.67. The lowest BCUT2D eigenvalue weighted by atomic mass is 10.1. The molecule has 0 saturated heterocycles. The van der Waals surface area contributed by atoms with Crippen LogP contribution in [0.3, 0.4) is 0 Å². The molecule has 190 valence electrons. The van der Waals surface area contributed by atoms with Crippen molar-refractivity contribution < 1.29 is 22.8 Å². The van der Waals surface area contributed by atoms with Crippen LogP contribution < -0.4 is 9.62 Å². The fourth-order valence-electron chi connectivity index (χ4n) is 3.38. The molecule has 10 heteroatoms. The molecule has 8 nitrogen and oxygen atoms in total. The molecule has 0 bridgehead atoms. The molecule has 1 atom stereocenters. The molecule has 0 aliphatic carbocycles. The van der Waals surface area contributed by atoms with Gasteiger partial charge in [-0.1, -0.05) is 40.2 Å². The predicted molar refractivity (Wildman–Crippen MR) is 141 cm³/mol. The van der Waals surface area contributed by atoms with Gasteiger partial charge >= 0.3 is 0 Å². The molecule has 2 aromatic carbocycles. The molecule has 0 spiro atoms. The first-order chi connectivity index (χ1) is 16.1. The molecule has 0 aliphatic heterocycles. The molecule has 0 aromatic heterocycles. The Labute approximate surface area is 215 Å². The van der Waals surface area contributed by atoms with Gasteiger partial charge in [-0.25, -0.2) is 8.42 Å². The van der Waals surface area contributed by atoms with Crippen molar-refractivity contribution in [1.82, 2.24) is 10.2 Å². The third-order valence-electron chi connectivity index (χ3n) is 5.13. The van der Waals surface area contributed by atoms with E-state index in [-0.39, 0.29) is 23.9 Å². The number of nitrogens with zero attached hydrogens (tertiary/aromatic N) is 2. The number of carbonyl (C=O) groups excluding carboxylic acids is 3. The molecule has 0 radical (unpaired) electrons. The van der Waals surface area contributed by atoms with E-state index < -0.39 is 34.1 Å². The Hall–Kier alpha value is -2.72. The summed E-state index contributed by atoms with van der Waals surface area (Å²) < 4.78 is 27.1. The van der Waals surface area contributed by atoms with Crippen molar-refractivity contribution >= 4 is 49.2 Å². The number of Topliss-reactive ketones (excluding diaryl/α,β-unsaturated/α-hetero) is 1. The third kappa shape index (κ3) is 8.47. The van der Waals surface area contributed by atoms with E-state index in [4.69, 9.17) is 0 Å². The first kappa shape index (κ1) is 28.5. The lowest BCUT2D eigenvalue weighted by Crippen LogP contribution is -2.54. The van der Waals surface area contributed by atoms with Crippen LogP contribution >= 0.6 is 15.9 Å². The third-order valence-corrected chi connectivity index (χ3v) is 6.76. The topological polar surface area (TPSA) is 104 Å². The summed E-state index contributed by atoms with van der Waals surface area (Å²) in [5.41, 5.74) is 0.782. The van der Waals surface area contributed by atoms with Crippen molar-refractivity contribution in [2.45, 2.75) is 52.7 Å². The number of amides is 2. The SMILES string of the molecule is CC(=O)c1cccc(N(CC(=O)N(Cc2cccc(Br)c2)[C@@H](C)C(=O)NC(C)(C)C)S(C)(=O)=O)c1. The zero-order chi connectivity index (χ0) is 26.6. The summed E-state index contributed by atoms with van der Waals surface area (Å²) in [5.74, 6) is -1.14. The Morgan fingerprint density at radius 2 is 1.69 bits per heavy atom. The quantitative estimate of drug-likeness (QED) is 0.466. The maximum atomic E-state index is 13.6. The summed E-state index contributed by atoms with van der Waals surface area (Å²) in [6, 6.07) is 12.5. The minimum atomic E-state index is -3.88. The highest BCUT2D eigenvalue weighted by molar-refractivity contribution is 9.10. The van der Waals surface area contributed by atoms with Crippen LogP contribution in [0.4, 0.5) is 5.69 Å². The van der Waals surface area contributed by atoms with Gasteiger partial charge in [-0.15, -0.1) is 0 Å². The average Bonchev–Trinajstić information content (AvgIpc) is 2.73. The van der Waals surface area contributed by atoms with Crippen LogP contribution in [0.25, 0.3) is 0 Å². The van der Waals surface area contributed by atoms with Gasteiger partial charge in [-0.3, -0.25) is 18.7 Å². The highest BCUT2D eigenvalue weighted by Gasteiger charge is 2.31. The van der Waals surface area contributed by atoms with Crippen LogP contribution in [0.15, 0.2) is 53.0 Å². The van der Waals surface area contributed by atoms with Crippen molar-refractivity contribution in [2.24, 2.45) is 0 Å². The van der Waals surface area contributed by atoms with E-state index >= 15 is 0 Å². The summed E-state index contributed by atoms with van der Waals surface area (Å²) in [4.78, 5) is 39.7. The minimum absolute atomic E-state index is 0.0993. The smallest absolute Gasteiger partial charge is 0.244 e. The highest BCUT2D eigenvalue weighted by atomic mass is 79.9. The molecule has 35 heavy (non-hydrogen) atoms. The van der Waals surface area contributed by atoms with E-state index in [1.165, 1.54) is 24.0 Å². The molecule has 0 heterocycles. The Morgan fingerprint density at radius 3 is 2.23 bits per heavy atom. The number of hydrogen-bond donors (Lipinski definition) is 1.